The molecule has 1 N–H and O–H groups in total. The summed E-state index contributed by atoms with van der Waals surface area (Å²) >= 11 is 0. The van der Waals surface area contributed by atoms with Crippen molar-refractivity contribution in [3.05, 3.63) is 35.6 Å². The Morgan fingerprint density at radius 2 is 2.17 bits per heavy atom. The Balaban J connectivity index is 1.71. The molecule has 1 saturated carbocycles. The van der Waals surface area contributed by atoms with E-state index in [1.54, 1.807) is 12.1 Å². The van der Waals surface area contributed by atoms with Crippen LogP contribution in [0.25, 0.3) is 0 Å². The molecule has 2 aliphatic rings. The standard InChI is InChI=1S/C19H27FN2O/c1-14(11-15-5-2-3-6-15)19(23)22-10-9-21-13-18(22)16-7-4-8-17(20)12-16/h4,7-8,12,14-15,18,21H,2-3,5-6,9-11,13H2,1H3. The normalized spacial score (nSPS) is 23.9. The van der Waals surface area contributed by atoms with Gasteiger partial charge < -0.3 is 10.2 Å². The average Bonchev–Trinajstić information content (AvgIpc) is 3.07. The van der Waals surface area contributed by atoms with Gasteiger partial charge in [0.2, 0.25) is 5.91 Å². The highest BCUT2D eigenvalue weighted by Crippen LogP contribution is 2.32. The smallest absolute Gasteiger partial charge is 0.226 e. The summed E-state index contributed by atoms with van der Waals surface area (Å²) in [6.45, 7) is 4.28. The molecule has 0 spiro atoms. The minimum atomic E-state index is -0.237. The van der Waals surface area contributed by atoms with Crippen molar-refractivity contribution in [1.29, 1.82) is 0 Å². The molecule has 0 bridgehead atoms. The van der Waals surface area contributed by atoms with Gasteiger partial charge in [-0.05, 0) is 30.0 Å². The molecular weight excluding hydrogens is 291 g/mol. The number of benzene rings is 1. The summed E-state index contributed by atoms with van der Waals surface area (Å²) in [6, 6.07) is 6.60. The molecule has 1 aromatic rings. The van der Waals surface area contributed by atoms with Crippen molar-refractivity contribution in [2.24, 2.45) is 11.8 Å². The number of hydrogen-bond donors (Lipinski definition) is 1. The summed E-state index contributed by atoms with van der Waals surface area (Å²) in [5, 5.41) is 3.33. The van der Waals surface area contributed by atoms with E-state index in [-0.39, 0.29) is 23.7 Å². The number of rotatable bonds is 4. The maximum Gasteiger partial charge on any atom is 0.226 e. The van der Waals surface area contributed by atoms with Gasteiger partial charge >= 0.3 is 0 Å². The van der Waals surface area contributed by atoms with Gasteiger partial charge in [-0.3, -0.25) is 4.79 Å². The summed E-state index contributed by atoms with van der Waals surface area (Å²) < 4.78 is 13.6. The molecule has 126 valence electrons. The van der Waals surface area contributed by atoms with Crippen molar-refractivity contribution in [2.45, 2.75) is 45.1 Å². The fraction of sp³-hybridized carbons (Fsp3) is 0.632. The zero-order valence-corrected chi connectivity index (χ0v) is 13.9. The number of hydrogen-bond acceptors (Lipinski definition) is 2. The molecule has 1 aliphatic carbocycles. The second-order valence-corrected chi connectivity index (χ2v) is 7.09. The van der Waals surface area contributed by atoms with E-state index in [0.717, 1.165) is 18.5 Å². The van der Waals surface area contributed by atoms with Gasteiger partial charge in [-0.1, -0.05) is 44.7 Å². The second-order valence-electron chi connectivity index (χ2n) is 7.09. The van der Waals surface area contributed by atoms with Crippen LogP contribution in [-0.4, -0.2) is 30.4 Å². The Labute approximate surface area is 138 Å². The van der Waals surface area contributed by atoms with Crippen LogP contribution >= 0.6 is 0 Å². The van der Waals surface area contributed by atoms with Crippen LogP contribution in [0.4, 0.5) is 4.39 Å². The number of piperazine rings is 1. The van der Waals surface area contributed by atoms with Gasteiger partial charge in [-0.15, -0.1) is 0 Å². The van der Waals surface area contributed by atoms with Gasteiger partial charge in [0.05, 0.1) is 6.04 Å². The number of carbonyl (C=O) groups is 1. The fourth-order valence-electron chi connectivity index (χ4n) is 4.11. The zero-order chi connectivity index (χ0) is 16.2. The average molecular weight is 318 g/mol. The maximum absolute atomic E-state index is 13.6. The van der Waals surface area contributed by atoms with Crippen LogP contribution in [0.15, 0.2) is 24.3 Å². The van der Waals surface area contributed by atoms with Crippen molar-refractivity contribution in [1.82, 2.24) is 10.2 Å². The van der Waals surface area contributed by atoms with Crippen molar-refractivity contribution in [3.8, 4) is 0 Å². The Bertz CT molecular complexity index is 542. The predicted octanol–water partition coefficient (Wildman–Crippen LogP) is 3.52. The van der Waals surface area contributed by atoms with E-state index < -0.39 is 0 Å². The van der Waals surface area contributed by atoms with Crippen LogP contribution in [0.1, 0.15) is 50.6 Å². The van der Waals surface area contributed by atoms with E-state index in [2.05, 4.69) is 12.2 Å². The van der Waals surface area contributed by atoms with Crippen molar-refractivity contribution in [2.75, 3.05) is 19.6 Å². The Kier molecular flexibility index (Phi) is 5.31. The molecule has 1 amide bonds. The molecule has 3 rings (SSSR count). The van der Waals surface area contributed by atoms with E-state index in [0.29, 0.717) is 19.0 Å². The molecule has 0 radical (unpaired) electrons. The second kappa shape index (κ2) is 7.43. The first-order valence-corrected chi connectivity index (χ1v) is 8.92. The van der Waals surface area contributed by atoms with Crippen LogP contribution < -0.4 is 5.32 Å². The highest BCUT2D eigenvalue weighted by atomic mass is 19.1. The highest BCUT2D eigenvalue weighted by Gasteiger charge is 2.32. The molecule has 1 saturated heterocycles. The lowest BCUT2D eigenvalue weighted by molar-refractivity contribution is -0.139. The van der Waals surface area contributed by atoms with Gasteiger partial charge in [0.1, 0.15) is 5.82 Å². The highest BCUT2D eigenvalue weighted by molar-refractivity contribution is 5.79. The van der Waals surface area contributed by atoms with Crippen LogP contribution in [-0.2, 0) is 4.79 Å². The summed E-state index contributed by atoms with van der Waals surface area (Å²) in [6.07, 6.45) is 6.16. The Hall–Kier alpha value is -1.42. The number of amides is 1. The first-order valence-electron chi connectivity index (χ1n) is 8.92. The quantitative estimate of drug-likeness (QED) is 0.921. The number of nitrogens with one attached hydrogen (secondary N) is 1. The first kappa shape index (κ1) is 16.4. The van der Waals surface area contributed by atoms with E-state index in [1.807, 2.05) is 11.0 Å². The molecule has 1 aliphatic heterocycles. The molecule has 23 heavy (non-hydrogen) atoms. The SMILES string of the molecule is CC(CC1CCCC1)C(=O)N1CCNCC1c1cccc(F)c1. The zero-order valence-electron chi connectivity index (χ0n) is 13.9. The minimum Gasteiger partial charge on any atom is -0.333 e. The maximum atomic E-state index is 13.6. The van der Waals surface area contributed by atoms with Crippen LogP contribution in [0.3, 0.4) is 0 Å². The predicted molar refractivity (Wildman–Crippen MR) is 89.5 cm³/mol. The van der Waals surface area contributed by atoms with Crippen LogP contribution in [0, 0.1) is 17.7 Å². The molecule has 4 heteroatoms. The largest absolute Gasteiger partial charge is 0.333 e. The van der Waals surface area contributed by atoms with Crippen LogP contribution in [0.5, 0.6) is 0 Å². The summed E-state index contributed by atoms with van der Waals surface area (Å²) in [5.74, 6) is 0.767. The molecule has 1 heterocycles. The minimum absolute atomic E-state index is 0.0574. The molecule has 2 fully saturated rings. The van der Waals surface area contributed by atoms with Gasteiger partial charge in [0.25, 0.3) is 0 Å². The lowest BCUT2D eigenvalue weighted by Crippen LogP contribution is -2.50. The summed E-state index contributed by atoms with van der Waals surface area (Å²) in [7, 11) is 0. The monoisotopic (exact) mass is 318 g/mol. The third kappa shape index (κ3) is 3.92. The van der Waals surface area contributed by atoms with Crippen molar-refractivity contribution < 1.29 is 9.18 Å². The number of nitrogens with zero attached hydrogens (tertiary/aromatic N) is 1. The Morgan fingerprint density at radius 1 is 1.39 bits per heavy atom. The van der Waals surface area contributed by atoms with Gasteiger partial charge in [0, 0.05) is 25.6 Å². The number of halogens is 1. The fourth-order valence-corrected chi connectivity index (χ4v) is 4.11. The third-order valence-electron chi connectivity index (χ3n) is 5.34. The first-order chi connectivity index (χ1) is 11.1. The molecule has 2 atom stereocenters. The topological polar surface area (TPSA) is 32.3 Å². The van der Waals surface area contributed by atoms with Crippen molar-refractivity contribution >= 4 is 5.91 Å². The van der Waals surface area contributed by atoms with Crippen LogP contribution in [0.2, 0.25) is 0 Å². The molecule has 1 aromatic carbocycles. The lowest BCUT2D eigenvalue weighted by Gasteiger charge is -2.38. The van der Waals surface area contributed by atoms with Crippen molar-refractivity contribution in [3.63, 3.8) is 0 Å². The van der Waals surface area contributed by atoms with E-state index in [4.69, 9.17) is 0 Å². The molecule has 2 unspecified atom stereocenters. The number of carbonyl (C=O) groups excluding carboxylic acids is 1. The van der Waals surface area contributed by atoms with E-state index in [9.17, 15) is 9.18 Å². The lowest BCUT2D eigenvalue weighted by atomic mass is 9.92. The summed E-state index contributed by atoms with van der Waals surface area (Å²) in [4.78, 5) is 14.9. The van der Waals surface area contributed by atoms with Gasteiger partial charge in [0.15, 0.2) is 0 Å². The molecular formula is C19H27FN2O. The van der Waals surface area contributed by atoms with Gasteiger partial charge in [-0.2, -0.15) is 0 Å². The van der Waals surface area contributed by atoms with Gasteiger partial charge in [-0.25, -0.2) is 4.39 Å². The molecule has 3 nitrogen and oxygen atoms in total. The summed E-state index contributed by atoms with van der Waals surface area (Å²) in [5.41, 5.74) is 0.888. The Morgan fingerprint density at radius 3 is 2.91 bits per heavy atom. The van der Waals surface area contributed by atoms with E-state index >= 15 is 0 Å². The molecule has 0 aromatic heterocycles. The van der Waals surface area contributed by atoms with E-state index in [1.165, 1.54) is 31.7 Å². The third-order valence-corrected chi connectivity index (χ3v) is 5.34.